The highest BCUT2D eigenvalue weighted by molar-refractivity contribution is 6.31. The molecular weight excluding hydrogens is 382 g/mol. The van der Waals surface area contributed by atoms with Gasteiger partial charge in [0.15, 0.2) is 11.9 Å². The highest BCUT2D eigenvalue weighted by atomic mass is 35.5. The number of imide groups is 1. The van der Waals surface area contributed by atoms with Gasteiger partial charge in [0.25, 0.3) is 11.8 Å². The van der Waals surface area contributed by atoms with Crippen molar-refractivity contribution in [3.63, 3.8) is 0 Å². The van der Waals surface area contributed by atoms with Crippen LogP contribution in [0.25, 0.3) is 0 Å². The van der Waals surface area contributed by atoms with Crippen LogP contribution in [-0.4, -0.2) is 42.3 Å². The number of benzene rings is 2. The molecule has 0 bridgehead atoms. The zero-order chi connectivity index (χ0) is 20.4. The summed E-state index contributed by atoms with van der Waals surface area (Å²) in [6.45, 7) is 3.21. The molecule has 1 atom stereocenters. The topological polar surface area (TPSA) is 72.9 Å². The summed E-state index contributed by atoms with van der Waals surface area (Å²) in [5.41, 5.74) is 0.444. The quantitative estimate of drug-likeness (QED) is 0.565. The zero-order valence-electron chi connectivity index (χ0n) is 15.8. The van der Waals surface area contributed by atoms with E-state index in [9.17, 15) is 14.4 Å². The molecule has 7 heteroatoms. The van der Waals surface area contributed by atoms with Gasteiger partial charge in [-0.3, -0.25) is 19.3 Å². The SMILES string of the molecule is COc1ccc(Cl)cc1C(=O)CN1C(=O)c2ccccc2O[C@@H](C(C)C)C1=O. The first kappa shape index (κ1) is 19.9. The van der Waals surface area contributed by atoms with Gasteiger partial charge in [-0.1, -0.05) is 37.6 Å². The molecule has 0 spiro atoms. The maximum atomic E-state index is 13.0. The Balaban J connectivity index is 2.00. The number of halogens is 1. The number of ether oxygens (including phenoxy) is 2. The number of amides is 2. The molecule has 6 nitrogen and oxygen atoms in total. The summed E-state index contributed by atoms with van der Waals surface area (Å²) < 4.78 is 11.0. The molecule has 0 fully saturated rings. The number of carbonyl (C=O) groups excluding carboxylic acids is 3. The third-order valence-electron chi connectivity index (χ3n) is 4.50. The van der Waals surface area contributed by atoms with Crippen molar-refractivity contribution in [2.75, 3.05) is 13.7 Å². The Morgan fingerprint density at radius 1 is 1.21 bits per heavy atom. The Morgan fingerprint density at radius 2 is 1.93 bits per heavy atom. The number of carbonyl (C=O) groups is 3. The van der Waals surface area contributed by atoms with Crippen molar-refractivity contribution in [2.45, 2.75) is 20.0 Å². The van der Waals surface area contributed by atoms with Crippen LogP contribution in [0.2, 0.25) is 5.02 Å². The molecule has 146 valence electrons. The van der Waals surface area contributed by atoms with Gasteiger partial charge >= 0.3 is 0 Å². The molecule has 0 radical (unpaired) electrons. The molecule has 0 aliphatic carbocycles. The number of nitrogens with zero attached hydrogens (tertiary/aromatic N) is 1. The Hall–Kier alpha value is -2.86. The second-order valence-corrected chi connectivity index (χ2v) is 7.21. The van der Waals surface area contributed by atoms with E-state index in [1.54, 1.807) is 36.4 Å². The fraction of sp³-hybridized carbons (Fsp3) is 0.286. The van der Waals surface area contributed by atoms with Crippen LogP contribution in [0.15, 0.2) is 42.5 Å². The molecule has 1 aliphatic heterocycles. The molecule has 0 aromatic heterocycles. The van der Waals surface area contributed by atoms with Crippen molar-refractivity contribution in [2.24, 2.45) is 5.92 Å². The van der Waals surface area contributed by atoms with Gasteiger partial charge in [0.1, 0.15) is 11.5 Å². The third kappa shape index (κ3) is 3.73. The van der Waals surface area contributed by atoms with Crippen LogP contribution in [0.1, 0.15) is 34.6 Å². The fourth-order valence-corrected chi connectivity index (χ4v) is 3.20. The van der Waals surface area contributed by atoms with Gasteiger partial charge < -0.3 is 9.47 Å². The molecule has 28 heavy (non-hydrogen) atoms. The Morgan fingerprint density at radius 3 is 2.61 bits per heavy atom. The number of methoxy groups -OCH3 is 1. The first-order chi connectivity index (χ1) is 13.3. The number of rotatable bonds is 5. The van der Waals surface area contributed by atoms with E-state index < -0.39 is 30.2 Å². The smallest absolute Gasteiger partial charge is 0.271 e. The van der Waals surface area contributed by atoms with Crippen molar-refractivity contribution in [1.29, 1.82) is 0 Å². The van der Waals surface area contributed by atoms with Crippen LogP contribution in [-0.2, 0) is 4.79 Å². The van der Waals surface area contributed by atoms with Crippen molar-refractivity contribution in [3.05, 3.63) is 58.6 Å². The molecule has 2 aromatic rings. The maximum Gasteiger partial charge on any atom is 0.271 e. The summed E-state index contributed by atoms with van der Waals surface area (Å²) in [6, 6.07) is 11.2. The summed E-state index contributed by atoms with van der Waals surface area (Å²) in [5.74, 6) is -1.12. The summed E-state index contributed by atoms with van der Waals surface area (Å²) in [5, 5.41) is 0.353. The lowest BCUT2D eigenvalue weighted by Crippen LogP contribution is -2.47. The predicted octanol–water partition coefficient (Wildman–Crippen LogP) is 3.62. The van der Waals surface area contributed by atoms with E-state index in [1.807, 2.05) is 13.8 Å². The van der Waals surface area contributed by atoms with Gasteiger partial charge in [0, 0.05) is 5.02 Å². The van der Waals surface area contributed by atoms with E-state index >= 15 is 0 Å². The largest absolute Gasteiger partial charge is 0.496 e. The van der Waals surface area contributed by atoms with Crippen molar-refractivity contribution < 1.29 is 23.9 Å². The number of ketones is 1. The highest BCUT2D eigenvalue weighted by Crippen LogP contribution is 2.29. The molecule has 1 aliphatic rings. The molecule has 0 saturated heterocycles. The van der Waals surface area contributed by atoms with Crippen LogP contribution >= 0.6 is 11.6 Å². The second kappa shape index (κ2) is 8.02. The second-order valence-electron chi connectivity index (χ2n) is 6.78. The molecular formula is C21H20ClNO5. The minimum absolute atomic E-state index is 0.190. The summed E-state index contributed by atoms with van der Waals surface area (Å²) in [4.78, 5) is 39.9. The van der Waals surface area contributed by atoms with Crippen LogP contribution in [0.3, 0.4) is 0 Å². The minimum atomic E-state index is -0.873. The predicted molar refractivity (Wildman–Crippen MR) is 104 cm³/mol. The standard InChI is InChI=1S/C21H20ClNO5/c1-12(2)19-21(26)23(20(25)14-6-4-5-7-18(14)28-19)11-16(24)15-10-13(22)8-9-17(15)27-3/h4-10,12,19H,11H2,1-3H3/t19-/m0/s1. The van der Waals surface area contributed by atoms with E-state index in [0.717, 1.165) is 4.90 Å². The van der Waals surface area contributed by atoms with E-state index in [-0.39, 0.29) is 17.0 Å². The average molecular weight is 402 g/mol. The van der Waals surface area contributed by atoms with Crippen molar-refractivity contribution >= 4 is 29.2 Å². The number of Topliss-reactive ketones (excluding diaryl/α,β-unsaturated/α-hetero) is 1. The number of para-hydroxylation sites is 1. The van der Waals surface area contributed by atoms with E-state index in [2.05, 4.69) is 0 Å². The van der Waals surface area contributed by atoms with E-state index in [1.165, 1.54) is 13.2 Å². The first-order valence-corrected chi connectivity index (χ1v) is 9.19. The maximum absolute atomic E-state index is 13.0. The van der Waals surface area contributed by atoms with Gasteiger partial charge in [-0.15, -0.1) is 0 Å². The Bertz CT molecular complexity index is 940. The number of hydrogen-bond acceptors (Lipinski definition) is 5. The molecule has 2 aromatic carbocycles. The number of hydrogen-bond donors (Lipinski definition) is 0. The molecule has 3 rings (SSSR count). The Kier molecular flexibility index (Phi) is 5.70. The van der Waals surface area contributed by atoms with E-state index in [4.69, 9.17) is 21.1 Å². The lowest BCUT2D eigenvalue weighted by atomic mass is 10.0. The lowest BCUT2D eigenvalue weighted by molar-refractivity contribution is -0.136. The van der Waals surface area contributed by atoms with Crippen LogP contribution < -0.4 is 9.47 Å². The monoisotopic (exact) mass is 401 g/mol. The zero-order valence-corrected chi connectivity index (χ0v) is 16.5. The van der Waals surface area contributed by atoms with Crippen molar-refractivity contribution in [1.82, 2.24) is 4.90 Å². The first-order valence-electron chi connectivity index (χ1n) is 8.81. The summed E-state index contributed by atoms with van der Waals surface area (Å²) >= 11 is 6.00. The Labute approximate surface area is 168 Å². The number of fused-ring (bicyclic) bond motifs is 1. The van der Waals surface area contributed by atoms with Gasteiger partial charge in [-0.05, 0) is 36.2 Å². The minimum Gasteiger partial charge on any atom is -0.496 e. The van der Waals surface area contributed by atoms with Crippen LogP contribution in [0.4, 0.5) is 0 Å². The van der Waals surface area contributed by atoms with E-state index in [0.29, 0.717) is 16.5 Å². The molecule has 0 unspecified atom stereocenters. The van der Waals surface area contributed by atoms with Gasteiger partial charge in [-0.2, -0.15) is 0 Å². The summed E-state index contributed by atoms with van der Waals surface area (Å²) in [6.07, 6.45) is -0.873. The average Bonchev–Trinajstić information content (AvgIpc) is 2.78. The lowest BCUT2D eigenvalue weighted by Gasteiger charge is -2.24. The highest BCUT2D eigenvalue weighted by Gasteiger charge is 2.39. The van der Waals surface area contributed by atoms with Crippen molar-refractivity contribution in [3.8, 4) is 11.5 Å². The molecule has 1 heterocycles. The summed E-state index contributed by atoms with van der Waals surface area (Å²) in [7, 11) is 1.43. The van der Waals surface area contributed by atoms with Crippen LogP contribution in [0.5, 0.6) is 11.5 Å². The van der Waals surface area contributed by atoms with Gasteiger partial charge in [0.2, 0.25) is 0 Å². The normalized spacial score (nSPS) is 16.5. The fourth-order valence-electron chi connectivity index (χ4n) is 3.03. The molecule has 0 N–H and O–H groups in total. The van der Waals surface area contributed by atoms with Gasteiger partial charge in [-0.25, -0.2) is 0 Å². The van der Waals surface area contributed by atoms with Gasteiger partial charge in [0.05, 0.1) is 24.8 Å². The molecule has 0 saturated carbocycles. The molecule has 2 amide bonds. The van der Waals surface area contributed by atoms with Crippen LogP contribution in [0, 0.1) is 5.92 Å². The third-order valence-corrected chi connectivity index (χ3v) is 4.73.